The lowest BCUT2D eigenvalue weighted by molar-refractivity contribution is 0.0576. The molecule has 0 N–H and O–H groups in total. The molecule has 0 amide bonds. The van der Waals surface area contributed by atoms with Crippen molar-refractivity contribution < 1.29 is 0 Å². The summed E-state index contributed by atoms with van der Waals surface area (Å²) in [6, 6.07) is 0.799. The van der Waals surface area contributed by atoms with E-state index in [1.807, 2.05) is 0 Å². The predicted octanol–water partition coefficient (Wildman–Crippen LogP) is 3.40. The smallest absolute Gasteiger partial charge is 0.0118 e. The number of nitrogens with zero attached hydrogens (tertiary/aromatic N) is 1. The Morgan fingerprint density at radius 1 is 1.21 bits per heavy atom. The molecule has 0 aromatic heterocycles. The first-order valence-corrected chi connectivity index (χ1v) is 6.02. The van der Waals surface area contributed by atoms with Crippen LogP contribution < -0.4 is 0 Å². The third kappa shape index (κ3) is 2.73. The average molecular weight is 197 g/mol. The summed E-state index contributed by atoms with van der Waals surface area (Å²) < 4.78 is 0. The van der Waals surface area contributed by atoms with E-state index >= 15 is 0 Å². The molecule has 1 aliphatic rings. The standard InChI is InChI=1S/C13H27N/c1-10(2)12-9-11(13(3,4)5)7-8-14(12)6/h10-12H,7-9H2,1-6H3. The maximum absolute atomic E-state index is 2.55. The van der Waals surface area contributed by atoms with Gasteiger partial charge in [0.15, 0.2) is 0 Å². The summed E-state index contributed by atoms with van der Waals surface area (Å²) in [4.78, 5) is 2.55. The molecule has 1 heteroatoms. The second kappa shape index (κ2) is 4.22. The van der Waals surface area contributed by atoms with Crippen molar-refractivity contribution >= 4 is 0 Å². The van der Waals surface area contributed by atoms with Crippen molar-refractivity contribution in [3.8, 4) is 0 Å². The molecule has 2 atom stereocenters. The van der Waals surface area contributed by atoms with Gasteiger partial charge in [0.2, 0.25) is 0 Å². The Morgan fingerprint density at radius 2 is 1.79 bits per heavy atom. The summed E-state index contributed by atoms with van der Waals surface area (Å²) in [5, 5.41) is 0. The number of likely N-dealkylation sites (tertiary alicyclic amines) is 1. The molecule has 0 aromatic carbocycles. The molecule has 1 fully saturated rings. The van der Waals surface area contributed by atoms with Gasteiger partial charge in [-0.1, -0.05) is 34.6 Å². The van der Waals surface area contributed by atoms with Gasteiger partial charge in [0.25, 0.3) is 0 Å². The van der Waals surface area contributed by atoms with Crippen molar-refractivity contribution in [2.24, 2.45) is 17.3 Å². The first kappa shape index (κ1) is 12.0. The van der Waals surface area contributed by atoms with Gasteiger partial charge in [0.05, 0.1) is 0 Å². The van der Waals surface area contributed by atoms with Gasteiger partial charge in [-0.25, -0.2) is 0 Å². The van der Waals surface area contributed by atoms with Crippen molar-refractivity contribution in [1.29, 1.82) is 0 Å². The molecule has 1 saturated heterocycles. The minimum absolute atomic E-state index is 0.494. The Morgan fingerprint density at radius 3 is 2.21 bits per heavy atom. The Bertz CT molecular complexity index is 178. The molecule has 1 rings (SSSR count). The lowest BCUT2D eigenvalue weighted by atomic mass is 9.72. The van der Waals surface area contributed by atoms with Crippen molar-refractivity contribution in [3.63, 3.8) is 0 Å². The Balaban J connectivity index is 2.62. The molecular formula is C13H27N. The fourth-order valence-corrected chi connectivity index (χ4v) is 2.68. The molecular weight excluding hydrogens is 170 g/mol. The maximum Gasteiger partial charge on any atom is 0.0118 e. The molecule has 0 spiro atoms. The topological polar surface area (TPSA) is 3.24 Å². The van der Waals surface area contributed by atoms with E-state index in [4.69, 9.17) is 0 Å². The largest absolute Gasteiger partial charge is 0.303 e. The van der Waals surface area contributed by atoms with Gasteiger partial charge in [0.1, 0.15) is 0 Å². The van der Waals surface area contributed by atoms with Gasteiger partial charge in [-0.3, -0.25) is 0 Å². The van der Waals surface area contributed by atoms with Crippen molar-refractivity contribution in [2.75, 3.05) is 13.6 Å². The van der Waals surface area contributed by atoms with Crippen LogP contribution in [0.5, 0.6) is 0 Å². The Labute approximate surface area is 89.9 Å². The monoisotopic (exact) mass is 197 g/mol. The van der Waals surface area contributed by atoms with Crippen molar-refractivity contribution in [3.05, 3.63) is 0 Å². The van der Waals surface area contributed by atoms with Crippen LogP contribution in [0.3, 0.4) is 0 Å². The highest BCUT2D eigenvalue weighted by molar-refractivity contribution is 4.86. The normalized spacial score (nSPS) is 31.1. The van der Waals surface area contributed by atoms with Crippen molar-refractivity contribution in [1.82, 2.24) is 4.90 Å². The Kier molecular flexibility index (Phi) is 3.63. The number of piperidine rings is 1. The lowest BCUT2D eigenvalue weighted by Crippen LogP contribution is -2.45. The molecule has 2 unspecified atom stereocenters. The van der Waals surface area contributed by atoms with E-state index in [2.05, 4.69) is 46.6 Å². The SMILES string of the molecule is CC(C)C1CC(C(C)(C)C)CCN1C. The zero-order valence-corrected chi connectivity index (χ0v) is 10.8. The fraction of sp³-hybridized carbons (Fsp3) is 1.00. The highest BCUT2D eigenvalue weighted by atomic mass is 15.1. The molecule has 0 aliphatic carbocycles. The summed E-state index contributed by atoms with van der Waals surface area (Å²) >= 11 is 0. The summed E-state index contributed by atoms with van der Waals surface area (Å²) in [5.74, 6) is 1.70. The van der Waals surface area contributed by atoms with E-state index in [0.29, 0.717) is 5.41 Å². The fourth-order valence-electron chi connectivity index (χ4n) is 2.68. The molecule has 14 heavy (non-hydrogen) atoms. The van der Waals surface area contributed by atoms with Crippen molar-refractivity contribution in [2.45, 2.75) is 53.5 Å². The summed E-state index contributed by atoms with van der Waals surface area (Å²) in [7, 11) is 2.28. The van der Waals surface area contributed by atoms with Crippen LogP contribution in [0.1, 0.15) is 47.5 Å². The second-order valence-electron chi connectivity index (χ2n) is 6.38. The lowest BCUT2D eigenvalue weighted by Gasteiger charge is -2.44. The van der Waals surface area contributed by atoms with E-state index in [0.717, 1.165) is 17.9 Å². The first-order valence-electron chi connectivity index (χ1n) is 6.02. The second-order valence-corrected chi connectivity index (χ2v) is 6.38. The molecule has 84 valence electrons. The zero-order chi connectivity index (χ0) is 10.9. The van der Waals surface area contributed by atoms with Gasteiger partial charge in [-0.15, -0.1) is 0 Å². The molecule has 1 aliphatic heterocycles. The van der Waals surface area contributed by atoms with Crippen LogP contribution in [0.25, 0.3) is 0 Å². The summed E-state index contributed by atoms with van der Waals surface area (Å²) in [5.41, 5.74) is 0.494. The predicted molar refractivity (Wildman–Crippen MR) is 63.4 cm³/mol. The van der Waals surface area contributed by atoms with Crippen LogP contribution in [-0.2, 0) is 0 Å². The van der Waals surface area contributed by atoms with Crippen LogP contribution in [0, 0.1) is 17.3 Å². The van der Waals surface area contributed by atoms with E-state index in [9.17, 15) is 0 Å². The van der Waals surface area contributed by atoms with E-state index in [1.54, 1.807) is 0 Å². The molecule has 1 heterocycles. The molecule has 1 nitrogen and oxygen atoms in total. The quantitative estimate of drug-likeness (QED) is 0.623. The van der Waals surface area contributed by atoms with E-state index in [1.165, 1.54) is 19.4 Å². The van der Waals surface area contributed by atoms with Gasteiger partial charge in [0, 0.05) is 6.04 Å². The number of hydrogen-bond donors (Lipinski definition) is 0. The highest BCUT2D eigenvalue weighted by Crippen LogP contribution is 2.37. The van der Waals surface area contributed by atoms with Crippen LogP contribution in [0.4, 0.5) is 0 Å². The van der Waals surface area contributed by atoms with Gasteiger partial charge in [-0.2, -0.15) is 0 Å². The van der Waals surface area contributed by atoms with E-state index in [-0.39, 0.29) is 0 Å². The average Bonchev–Trinajstić information content (AvgIpc) is 2.02. The Hall–Kier alpha value is -0.0400. The van der Waals surface area contributed by atoms with E-state index < -0.39 is 0 Å². The third-order valence-corrected chi connectivity index (χ3v) is 3.92. The summed E-state index contributed by atoms with van der Waals surface area (Å²) in [6.07, 6.45) is 2.76. The third-order valence-electron chi connectivity index (χ3n) is 3.92. The van der Waals surface area contributed by atoms with Crippen LogP contribution in [0.2, 0.25) is 0 Å². The minimum atomic E-state index is 0.494. The number of hydrogen-bond acceptors (Lipinski definition) is 1. The molecule has 0 bridgehead atoms. The van der Waals surface area contributed by atoms with Gasteiger partial charge in [-0.05, 0) is 43.7 Å². The van der Waals surface area contributed by atoms with Crippen LogP contribution >= 0.6 is 0 Å². The zero-order valence-electron chi connectivity index (χ0n) is 10.8. The maximum atomic E-state index is 2.55. The highest BCUT2D eigenvalue weighted by Gasteiger charge is 2.33. The minimum Gasteiger partial charge on any atom is -0.303 e. The summed E-state index contributed by atoms with van der Waals surface area (Å²) in [6.45, 7) is 13.2. The van der Waals surface area contributed by atoms with Gasteiger partial charge >= 0.3 is 0 Å². The first-order chi connectivity index (χ1) is 6.32. The molecule has 0 saturated carbocycles. The molecule has 0 aromatic rings. The van der Waals surface area contributed by atoms with Crippen LogP contribution in [0.15, 0.2) is 0 Å². The number of rotatable bonds is 1. The van der Waals surface area contributed by atoms with Crippen LogP contribution in [-0.4, -0.2) is 24.5 Å². The van der Waals surface area contributed by atoms with Gasteiger partial charge < -0.3 is 4.90 Å². The molecule has 0 radical (unpaired) electrons.